The number of nitrogens with zero attached hydrogens (tertiary/aromatic N) is 1. The molecule has 17 heteroatoms. The van der Waals surface area contributed by atoms with Crippen molar-refractivity contribution in [1.82, 2.24) is 0 Å². The summed E-state index contributed by atoms with van der Waals surface area (Å²) in [6, 6.07) is 0. The van der Waals surface area contributed by atoms with Crippen molar-refractivity contribution >= 4 is 28.4 Å². The van der Waals surface area contributed by atoms with E-state index in [0.717, 1.165) is 6.08 Å². The molecule has 0 aromatic heterocycles. The molecule has 0 N–H and O–H groups in total. The van der Waals surface area contributed by atoms with E-state index >= 15 is 26.3 Å². The van der Waals surface area contributed by atoms with Gasteiger partial charge in [-0.3, -0.25) is 0 Å². The molecule has 0 saturated heterocycles. The van der Waals surface area contributed by atoms with Crippen molar-refractivity contribution in [3.63, 3.8) is 0 Å². The Kier molecular flexibility index (Phi) is 7.36. The summed E-state index contributed by atoms with van der Waals surface area (Å²) in [5, 5.41) is 0. The quantitative estimate of drug-likeness (QED) is 0.150. The van der Waals surface area contributed by atoms with E-state index in [2.05, 4.69) is 0 Å². The van der Waals surface area contributed by atoms with E-state index in [1.165, 1.54) is 0 Å². The molecule has 1 fully saturated rings. The Hall–Kier alpha value is -3.92. The number of benzene rings is 3. The predicted octanol–water partition coefficient (Wildman–Crippen LogP) is 5.71. The average molecular weight is 633 g/mol. The Morgan fingerprint density at radius 3 is 1.00 bits per heavy atom. The zero-order valence-corrected chi connectivity index (χ0v) is 20.8. The molecule has 0 amide bonds. The van der Waals surface area contributed by atoms with Crippen molar-refractivity contribution in [3.8, 4) is 0 Å². The zero-order valence-electron chi connectivity index (χ0n) is 20.8. The maximum atomic E-state index is 15.7. The average Bonchev–Trinajstić information content (AvgIpc) is 3.43. The fraction of sp³-hybridized carbons (Fsp3) is 0.192. The molecule has 0 radical (unpaired) electrons. The first kappa shape index (κ1) is 30.5. The summed E-state index contributed by atoms with van der Waals surface area (Å²) in [6.07, 6.45) is -4.50. The zero-order chi connectivity index (χ0) is 31.9. The minimum atomic E-state index is -5.73. The largest absolute Gasteiger partial charge is 0.439 e. The second kappa shape index (κ2) is 10.4. The molecule has 228 valence electrons. The van der Waals surface area contributed by atoms with Gasteiger partial charge in [0.25, 0.3) is 0 Å². The molecule has 0 unspecified atom stereocenters. The lowest BCUT2D eigenvalue weighted by Crippen LogP contribution is -2.79. The molecule has 2 aliphatic rings. The Morgan fingerprint density at radius 2 is 0.674 bits per heavy atom. The molecular formula is C26H11BF15N. The van der Waals surface area contributed by atoms with Gasteiger partial charge in [0.2, 0.25) is 0 Å². The summed E-state index contributed by atoms with van der Waals surface area (Å²) in [6.45, 7) is -1.02. The van der Waals surface area contributed by atoms with Crippen LogP contribution in [0.15, 0.2) is 11.6 Å². The van der Waals surface area contributed by atoms with Crippen LogP contribution in [-0.4, -0.2) is 23.0 Å². The van der Waals surface area contributed by atoms with E-state index in [9.17, 15) is 39.5 Å². The third-order valence-electron chi connectivity index (χ3n) is 7.81. The maximum Gasteiger partial charge on any atom is 0.372 e. The van der Waals surface area contributed by atoms with E-state index in [4.69, 9.17) is 0 Å². The first-order valence-corrected chi connectivity index (χ1v) is 12.2. The molecule has 1 heterocycles. The molecule has 0 atom stereocenters. The third-order valence-corrected chi connectivity index (χ3v) is 7.81. The van der Waals surface area contributed by atoms with Crippen molar-refractivity contribution in [2.24, 2.45) is 0 Å². The lowest BCUT2D eigenvalue weighted by Gasteiger charge is -2.40. The molecule has 0 spiro atoms. The van der Waals surface area contributed by atoms with Crippen LogP contribution < -0.4 is 16.4 Å². The van der Waals surface area contributed by atoms with Gasteiger partial charge in [-0.15, -0.1) is 0 Å². The molecule has 1 nitrogen and oxygen atoms in total. The number of hydrogen-bond donors (Lipinski definition) is 0. The summed E-state index contributed by atoms with van der Waals surface area (Å²) in [5.41, 5.74) is -8.15. The van der Waals surface area contributed by atoms with Crippen LogP contribution in [-0.2, 0) is 0 Å². The fourth-order valence-corrected chi connectivity index (χ4v) is 6.04. The van der Waals surface area contributed by atoms with Crippen molar-refractivity contribution < 1.29 is 70.3 Å². The van der Waals surface area contributed by atoms with Gasteiger partial charge in [0.1, 0.15) is 47.2 Å². The summed E-state index contributed by atoms with van der Waals surface area (Å²) in [5.74, 6) is -44.9. The second-order valence-corrected chi connectivity index (χ2v) is 9.81. The summed E-state index contributed by atoms with van der Waals surface area (Å²) in [7, 11) is 0. The van der Waals surface area contributed by atoms with Gasteiger partial charge in [0, 0.05) is 12.0 Å². The van der Waals surface area contributed by atoms with Gasteiger partial charge in [0.05, 0.1) is 0 Å². The number of fused-ring (bicyclic) bond motifs is 1. The molecule has 3 aromatic rings. The van der Waals surface area contributed by atoms with Gasteiger partial charge in [-0.2, -0.15) is 0 Å². The molecule has 5 rings (SSSR count). The monoisotopic (exact) mass is 633 g/mol. The highest BCUT2D eigenvalue weighted by Gasteiger charge is 2.58. The van der Waals surface area contributed by atoms with E-state index < -0.39 is 122 Å². The lowest BCUT2D eigenvalue weighted by molar-refractivity contribution is -0.376. The van der Waals surface area contributed by atoms with E-state index in [0.29, 0.717) is 6.42 Å². The summed E-state index contributed by atoms with van der Waals surface area (Å²) in [4.78, 5) is 0. The second-order valence-electron chi connectivity index (χ2n) is 9.81. The molecule has 1 aliphatic heterocycles. The van der Waals surface area contributed by atoms with Crippen molar-refractivity contribution in [2.45, 2.75) is 25.7 Å². The topological polar surface area (TPSA) is 3.01 Å². The van der Waals surface area contributed by atoms with E-state index in [1.807, 2.05) is 0 Å². The van der Waals surface area contributed by atoms with Gasteiger partial charge in [0.15, 0.2) is 52.4 Å². The Labute approximate surface area is 230 Å². The van der Waals surface area contributed by atoms with Crippen LogP contribution in [0.5, 0.6) is 0 Å². The number of rotatable bonds is 4. The minimum absolute atomic E-state index is 0.0311. The highest BCUT2D eigenvalue weighted by atomic mass is 19.2. The molecule has 0 bridgehead atoms. The van der Waals surface area contributed by atoms with Crippen molar-refractivity contribution in [1.29, 1.82) is 0 Å². The van der Waals surface area contributed by atoms with Crippen molar-refractivity contribution in [3.05, 3.63) is 98.9 Å². The number of hydrogen-bond acceptors (Lipinski definition) is 0. The summed E-state index contributed by atoms with van der Waals surface area (Å²) < 4.78 is 224. The standard InChI is InChI=1S/C26H11BF15N/c28-12-9(13(29)19(35)24(40)18(12)34)27(43-6-5-7-3-1-2-4-8(7)43,10-14(30)20(36)25(41)21(37)15(10)31)11-16(32)22(38)26(42)23(39)17(11)33/h5H,1-4,6H2. The van der Waals surface area contributed by atoms with Gasteiger partial charge in [-0.25, -0.2) is 65.9 Å². The van der Waals surface area contributed by atoms with Gasteiger partial charge >= 0.3 is 6.28 Å². The fourth-order valence-electron chi connectivity index (χ4n) is 6.04. The Bertz CT molecular complexity index is 1560. The van der Waals surface area contributed by atoms with Gasteiger partial charge in [-0.05, 0) is 41.7 Å². The van der Waals surface area contributed by atoms with Crippen LogP contribution in [0, 0.1) is 87.3 Å². The van der Waals surface area contributed by atoms with E-state index in [-0.39, 0.29) is 29.3 Å². The maximum absolute atomic E-state index is 15.7. The minimum Gasteiger partial charge on any atom is -0.439 e. The Balaban J connectivity index is 2.23. The van der Waals surface area contributed by atoms with Gasteiger partial charge < -0.3 is 4.49 Å². The normalized spacial score (nSPS) is 15.4. The van der Waals surface area contributed by atoms with Crippen LogP contribution in [0.3, 0.4) is 0 Å². The SMILES string of the molecule is Fc1c(F)c(F)c([B-](c2c(F)c(F)c(F)c(F)c2F)(c2c(F)c(F)c(F)c(F)c2F)[N+]2=C3CCCCC3=CC2)c(F)c1F. The van der Waals surface area contributed by atoms with Crippen LogP contribution in [0.4, 0.5) is 65.9 Å². The summed E-state index contributed by atoms with van der Waals surface area (Å²) >= 11 is 0. The molecule has 1 saturated carbocycles. The van der Waals surface area contributed by atoms with Crippen LogP contribution in [0.25, 0.3) is 0 Å². The predicted molar refractivity (Wildman–Crippen MR) is 120 cm³/mol. The first-order valence-electron chi connectivity index (χ1n) is 12.2. The van der Waals surface area contributed by atoms with Crippen LogP contribution in [0.1, 0.15) is 25.7 Å². The van der Waals surface area contributed by atoms with Crippen molar-refractivity contribution in [2.75, 3.05) is 6.54 Å². The molecular weight excluding hydrogens is 622 g/mol. The number of halogens is 15. The third kappa shape index (κ3) is 3.95. The van der Waals surface area contributed by atoms with Crippen LogP contribution >= 0.6 is 0 Å². The lowest BCUT2D eigenvalue weighted by atomic mass is 9.22. The molecule has 43 heavy (non-hydrogen) atoms. The number of allylic oxidation sites excluding steroid dienone is 1. The molecule has 1 aliphatic carbocycles. The van der Waals surface area contributed by atoms with Gasteiger partial charge in [-0.1, -0.05) is 0 Å². The molecule has 3 aromatic carbocycles. The van der Waals surface area contributed by atoms with Crippen LogP contribution in [0.2, 0.25) is 0 Å². The smallest absolute Gasteiger partial charge is 0.372 e. The highest BCUT2D eigenvalue weighted by Crippen LogP contribution is 2.32. The highest BCUT2D eigenvalue weighted by molar-refractivity contribution is 7.06. The Morgan fingerprint density at radius 1 is 0.395 bits per heavy atom. The van der Waals surface area contributed by atoms with E-state index in [1.54, 1.807) is 0 Å². The first-order chi connectivity index (χ1) is 20.1.